The van der Waals surface area contributed by atoms with Gasteiger partial charge in [-0.15, -0.1) is 0 Å². The number of carbonyl (C=O) groups is 2. The number of rotatable bonds is 4. The molecule has 136 valence electrons. The molecule has 1 N–H and O–H groups in total. The smallest absolute Gasteiger partial charge is 0.255 e. The molecule has 0 atom stereocenters. The summed E-state index contributed by atoms with van der Waals surface area (Å²) < 4.78 is 0. The molecule has 6 nitrogen and oxygen atoms in total. The van der Waals surface area contributed by atoms with Crippen LogP contribution in [0.2, 0.25) is 5.02 Å². The summed E-state index contributed by atoms with van der Waals surface area (Å²) >= 11 is 6.31. The maximum Gasteiger partial charge on any atom is 0.255 e. The molecule has 2 heterocycles. The van der Waals surface area contributed by atoms with Gasteiger partial charge in [0.2, 0.25) is 6.41 Å². The summed E-state index contributed by atoms with van der Waals surface area (Å²) in [5.41, 5.74) is 3.47. The summed E-state index contributed by atoms with van der Waals surface area (Å²) in [6.45, 7) is 6.18. The predicted molar refractivity (Wildman–Crippen MR) is 102 cm³/mol. The maximum absolute atomic E-state index is 12.5. The number of aromatic nitrogens is 1. The quantitative estimate of drug-likeness (QED) is 0.838. The largest absolute Gasteiger partial charge is 0.342 e. The first-order chi connectivity index (χ1) is 12.5. The van der Waals surface area contributed by atoms with Gasteiger partial charge in [-0.05, 0) is 43.2 Å². The summed E-state index contributed by atoms with van der Waals surface area (Å²) in [6.07, 6.45) is 2.39. The third kappa shape index (κ3) is 3.96. The minimum absolute atomic E-state index is 0.0702. The highest BCUT2D eigenvalue weighted by Gasteiger charge is 2.21. The number of carbonyl (C=O) groups excluding carboxylic acids is 2. The fourth-order valence-electron chi connectivity index (χ4n) is 3.01. The molecule has 26 heavy (non-hydrogen) atoms. The van der Waals surface area contributed by atoms with Crippen molar-refractivity contribution in [3.05, 3.63) is 52.2 Å². The fourth-order valence-corrected chi connectivity index (χ4v) is 3.38. The van der Waals surface area contributed by atoms with Gasteiger partial charge in [0.1, 0.15) is 5.82 Å². The van der Waals surface area contributed by atoms with Crippen LogP contribution >= 0.6 is 11.6 Å². The lowest BCUT2D eigenvalue weighted by molar-refractivity contribution is -0.119. The number of nitrogens with one attached hydrogen (secondary N) is 1. The van der Waals surface area contributed by atoms with Gasteiger partial charge in [-0.3, -0.25) is 9.59 Å². The second kappa shape index (κ2) is 7.74. The lowest BCUT2D eigenvalue weighted by Crippen LogP contribution is -2.48. The van der Waals surface area contributed by atoms with Gasteiger partial charge in [0.05, 0.1) is 16.3 Å². The standard InChI is InChI=1S/C19H21ClN4O2/c1-13-9-14(2)18(16(20)10-13)22-17-4-3-15(11-21-17)19(26)24-7-5-23(12-25)6-8-24/h3-4,9-12H,5-8H2,1-2H3,(H,21,22). The SMILES string of the molecule is Cc1cc(C)c(Nc2ccc(C(=O)N3CCN(C=O)CC3)cn2)c(Cl)c1. The van der Waals surface area contributed by atoms with Crippen LogP contribution in [0, 0.1) is 13.8 Å². The number of piperazine rings is 1. The van der Waals surface area contributed by atoms with E-state index in [1.807, 2.05) is 26.0 Å². The maximum atomic E-state index is 12.5. The number of pyridine rings is 1. The Labute approximate surface area is 157 Å². The molecule has 2 aromatic rings. The number of hydrogen-bond donors (Lipinski definition) is 1. The van der Waals surface area contributed by atoms with Crippen LogP contribution in [0.1, 0.15) is 21.5 Å². The van der Waals surface area contributed by atoms with Crippen LogP contribution in [0.15, 0.2) is 30.5 Å². The van der Waals surface area contributed by atoms with Crippen molar-refractivity contribution in [2.45, 2.75) is 13.8 Å². The van der Waals surface area contributed by atoms with Crippen LogP contribution in [0.25, 0.3) is 0 Å². The topological polar surface area (TPSA) is 65.5 Å². The van der Waals surface area contributed by atoms with E-state index in [1.165, 1.54) is 0 Å². The van der Waals surface area contributed by atoms with Crippen molar-refractivity contribution in [2.24, 2.45) is 0 Å². The molecule has 1 aromatic heterocycles. The zero-order valence-electron chi connectivity index (χ0n) is 14.8. The summed E-state index contributed by atoms with van der Waals surface area (Å²) in [7, 11) is 0. The Bertz CT molecular complexity index is 792. The van der Waals surface area contributed by atoms with Gasteiger partial charge in [0.25, 0.3) is 5.91 Å². The molecule has 2 amide bonds. The van der Waals surface area contributed by atoms with Crippen molar-refractivity contribution in [1.29, 1.82) is 0 Å². The minimum Gasteiger partial charge on any atom is -0.342 e. The lowest BCUT2D eigenvalue weighted by atomic mass is 10.1. The molecule has 1 saturated heterocycles. The van der Waals surface area contributed by atoms with Crippen LogP contribution in [0.3, 0.4) is 0 Å². The van der Waals surface area contributed by atoms with Gasteiger partial charge in [-0.1, -0.05) is 17.7 Å². The number of halogens is 1. The Kier molecular flexibility index (Phi) is 5.42. The van der Waals surface area contributed by atoms with Crippen molar-refractivity contribution in [3.63, 3.8) is 0 Å². The summed E-state index contributed by atoms with van der Waals surface area (Å²) in [6, 6.07) is 7.46. The molecule has 1 fully saturated rings. The molecule has 0 aliphatic carbocycles. The number of nitrogens with zero attached hydrogens (tertiary/aromatic N) is 3. The lowest BCUT2D eigenvalue weighted by Gasteiger charge is -2.32. The highest BCUT2D eigenvalue weighted by molar-refractivity contribution is 6.33. The Morgan fingerprint density at radius 3 is 2.50 bits per heavy atom. The van der Waals surface area contributed by atoms with Crippen LogP contribution in [0.4, 0.5) is 11.5 Å². The number of benzene rings is 1. The Morgan fingerprint density at radius 2 is 1.92 bits per heavy atom. The number of hydrogen-bond acceptors (Lipinski definition) is 4. The van der Waals surface area contributed by atoms with Crippen molar-refractivity contribution >= 4 is 35.4 Å². The molecule has 1 aromatic carbocycles. The average Bonchev–Trinajstić information content (AvgIpc) is 2.64. The van der Waals surface area contributed by atoms with Gasteiger partial charge in [-0.2, -0.15) is 0 Å². The van der Waals surface area contributed by atoms with Gasteiger partial charge in [0, 0.05) is 32.4 Å². The van der Waals surface area contributed by atoms with E-state index in [0.29, 0.717) is 42.6 Å². The van der Waals surface area contributed by atoms with E-state index in [-0.39, 0.29) is 5.91 Å². The number of amides is 2. The fraction of sp³-hybridized carbons (Fsp3) is 0.316. The summed E-state index contributed by atoms with van der Waals surface area (Å²) in [5.74, 6) is 0.556. The van der Waals surface area contributed by atoms with Gasteiger partial charge < -0.3 is 15.1 Å². The Morgan fingerprint density at radius 1 is 1.19 bits per heavy atom. The van der Waals surface area contributed by atoms with Gasteiger partial charge in [-0.25, -0.2) is 4.98 Å². The third-order valence-corrected chi connectivity index (χ3v) is 4.74. The normalized spacial score (nSPS) is 14.3. The van der Waals surface area contributed by atoms with Crippen LogP contribution in [-0.2, 0) is 4.79 Å². The van der Waals surface area contributed by atoms with Crippen LogP contribution < -0.4 is 5.32 Å². The molecule has 0 saturated carbocycles. The number of aryl methyl sites for hydroxylation is 2. The first-order valence-electron chi connectivity index (χ1n) is 8.46. The van der Waals surface area contributed by atoms with Crippen molar-refractivity contribution in [3.8, 4) is 0 Å². The highest BCUT2D eigenvalue weighted by Crippen LogP contribution is 2.29. The average molecular weight is 373 g/mol. The van der Waals surface area contributed by atoms with E-state index in [0.717, 1.165) is 23.2 Å². The second-order valence-electron chi connectivity index (χ2n) is 6.43. The van der Waals surface area contributed by atoms with E-state index < -0.39 is 0 Å². The van der Waals surface area contributed by atoms with E-state index in [4.69, 9.17) is 11.6 Å². The summed E-state index contributed by atoms with van der Waals surface area (Å²) in [5, 5.41) is 3.85. The molecular weight excluding hydrogens is 352 g/mol. The third-order valence-electron chi connectivity index (χ3n) is 4.45. The zero-order chi connectivity index (χ0) is 18.7. The highest BCUT2D eigenvalue weighted by atomic mass is 35.5. The molecule has 7 heteroatoms. The van der Waals surface area contributed by atoms with Crippen LogP contribution in [-0.4, -0.2) is 53.3 Å². The zero-order valence-corrected chi connectivity index (χ0v) is 15.6. The first kappa shape index (κ1) is 18.2. The number of anilines is 2. The van der Waals surface area contributed by atoms with E-state index in [2.05, 4.69) is 10.3 Å². The molecule has 3 rings (SSSR count). The van der Waals surface area contributed by atoms with Crippen molar-refractivity contribution < 1.29 is 9.59 Å². The van der Waals surface area contributed by atoms with Gasteiger partial charge in [0.15, 0.2) is 0 Å². The summed E-state index contributed by atoms with van der Waals surface area (Å²) in [4.78, 5) is 31.1. The van der Waals surface area contributed by atoms with E-state index in [1.54, 1.807) is 28.1 Å². The molecule has 1 aliphatic rings. The first-order valence-corrected chi connectivity index (χ1v) is 8.84. The molecule has 0 bridgehead atoms. The molecule has 0 spiro atoms. The minimum atomic E-state index is -0.0702. The Balaban J connectivity index is 1.69. The monoisotopic (exact) mass is 372 g/mol. The molecule has 0 unspecified atom stereocenters. The van der Waals surface area contributed by atoms with Crippen molar-refractivity contribution in [2.75, 3.05) is 31.5 Å². The van der Waals surface area contributed by atoms with Gasteiger partial charge >= 0.3 is 0 Å². The molecule has 0 radical (unpaired) electrons. The molecule has 1 aliphatic heterocycles. The molecular formula is C19H21ClN4O2. The Hall–Kier alpha value is -2.60. The van der Waals surface area contributed by atoms with E-state index >= 15 is 0 Å². The second-order valence-corrected chi connectivity index (χ2v) is 6.84. The van der Waals surface area contributed by atoms with E-state index in [9.17, 15) is 9.59 Å². The predicted octanol–water partition coefficient (Wildman–Crippen LogP) is 3.01. The van der Waals surface area contributed by atoms with Crippen molar-refractivity contribution in [1.82, 2.24) is 14.8 Å². The van der Waals surface area contributed by atoms with Crippen LogP contribution in [0.5, 0.6) is 0 Å².